The van der Waals surface area contributed by atoms with Crippen molar-refractivity contribution < 1.29 is 13.2 Å². The van der Waals surface area contributed by atoms with E-state index in [1.807, 2.05) is 13.8 Å². The number of benzene rings is 1. The van der Waals surface area contributed by atoms with E-state index in [2.05, 4.69) is 15.5 Å². The zero-order valence-electron chi connectivity index (χ0n) is 12.3. The van der Waals surface area contributed by atoms with Gasteiger partial charge >= 0.3 is 6.18 Å². The molecule has 0 aliphatic carbocycles. The maximum absolute atomic E-state index is 12.8. The third kappa shape index (κ3) is 3.06. The van der Waals surface area contributed by atoms with Crippen molar-refractivity contribution in [1.82, 2.24) is 20.3 Å². The Balaban J connectivity index is 1.99. The molecule has 1 saturated heterocycles. The number of hydrazine groups is 2. The van der Waals surface area contributed by atoms with Gasteiger partial charge in [-0.05, 0) is 32.0 Å². The first-order valence-electron chi connectivity index (χ1n) is 6.74. The van der Waals surface area contributed by atoms with E-state index in [0.717, 1.165) is 12.1 Å². The minimum atomic E-state index is -4.43. The van der Waals surface area contributed by atoms with Gasteiger partial charge in [-0.15, -0.1) is 15.1 Å². The fourth-order valence-corrected chi connectivity index (χ4v) is 2.63. The second kappa shape index (κ2) is 5.27. The Labute approximate surface area is 135 Å². The van der Waals surface area contributed by atoms with Gasteiger partial charge in [-0.1, -0.05) is 11.6 Å². The number of hydrogen-bond acceptors (Lipinski definition) is 5. The first-order chi connectivity index (χ1) is 10.7. The Morgan fingerprint density at radius 2 is 2.04 bits per heavy atom. The van der Waals surface area contributed by atoms with E-state index in [0.29, 0.717) is 12.2 Å². The molecule has 1 aliphatic rings. The molecule has 2 aromatic rings. The van der Waals surface area contributed by atoms with E-state index >= 15 is 0 Å². The van der Waals surface area contributed by atoms with Gasteiger partial charge in [0, 0.05) is 0 Å². The second-order valence-electron chi connectivity index (χ2n) is 5.82. The zero-order chi connectivity index (χ0) is 16.8. The number of alkyl halides is 3. The lowest BCUT2D eigenvalue weighted by Crippen LogP contribution is -2.52. The van der Waals surface area contributed by atoms with E-state index in [1.54, 1.807) is 10.2 Å². The molecule has 124 valence electrons. The van der Waals surface area contributed by atoms with Crippen LogP contribution >= 0.6 is 11.6 Å². The molecule has 6 nitrogen and oxygen atoms in total. The average molecular weight is 347 g/mol. The van der Waals surface area contributed by atoms with Crippen molar-refractivity contribution in [1.29, 1.82) is 0 Å². The molecule has 2 heterocycles. The van der Waals surface area contributed by atoms with Crippen LogP contribution in [0.4, 0.5) is 18.9 Å². The summed E-state index contributed by atoms with van der Waals surface area (Å²) in [5.74, 6) is 0. The Morgan fingerprint density at radius 1 is 1.30 bits per heavy atom. The van der Waals surface area contributed by atoms with Crippen LogP contribution in [0, 0.1) is 0 Å². The van der Waals surface area contributed by atoms with Crippen LogP contribution in [-0.2, 0) is 6.18 Å². The van der Waals surface area contributed by atoms with Gasteiger partial charge in [0.25, 0.3) is 0 Å². The SMILES string of the molecule is CC1(C)CN(c2ccc(C(F)(F)F)cc2Cl)N(n2cncn2)N1. The van der Waals surface area contributed by atoms with Gasteiger partial charge in [-0.2, -0.15) is 18.6 Å². The topological polar surface area (TPSA) is 49.2 Å². The highest BCUT2D eigenvalue weighted by Gasteiger charge is 2.38. The van der Waals surface area contributed by atoms with E-state index in [1.165, 1.54) is 23.5 Å². The molecular weight excluding hydrogens is 333 g/mol. The molecule has 0 spiro atoms. The summed E-state index contributed by atoms with van der Waals surface area (Å²) in [6, 6.07) is 3.27. The standard InChI is InChI=1S/C13H14ClF3N6/c1-12(2)6-21(23(20-12)22-8-18-7-19-22)11-4-3-9(5-10(11)14)13(15,16)17/h3-5,7-8,20H,6H2,1-2H3. The van der Waals surface area contributed by atoms with E-state index in [9.17, 15) is 13.2 Å². The van der Waals surface area contributed by atoms with Crippen molar-refractivity contribution in [2.45, 2.75) is 25.6 Å². The van der Waals surface area contributed by atoms with Gasteiger partial charge in [0.15, 0.2) is 0 Å². The minimum Gasteiger partial charge on any atom is -0.251 e. The smallest absolute Gasteiger partial charge is 0.251 e. The predicted octanol–water partition coefficient (Wildman–Crippen LogP) is 2.61. The van der Waals surface area contributed by atoms with Gasteiger partial charge in [-0.25, -0.2) is 4.98 Å². The average Bonchev–Trinajstić information content (AvgIpc) is 3.04. The summed E-state index contributed by atoms with van der Waals surface area (Å²) in [5.41, 5.74) is 2.51. The molecule has 0 saturated carbocycles. The Bertz CT molecular complexity index is 700. The summed E-state index contributed by atoms with van der Waals surface area (Å²) in [5, 5.41) is 7.30. The molecule has 1 N–H and O–H groups in total. The maximum Gasteiger partial charge on any atom is 0.416 e. The second-order valence-corrected chi connectivity index (χ2v) is 6.23. The molecule has 0 radical (unpaired) electrons. The number of halogens is 4. The Hall–Kier alpha value is -2.00. The molecule has 3 rings (SSSR count). The molecule has 0 unspecified atom stereocenters. The quantitative estimate of drug-likeness (QED) is 0.906. The highest BCUT2D eigenvalue weighted by molar-refractivity contribution is 6.33. The van der Waals surface area contributed by atoms with Crippen molar-refractivity contribution in [2.24, 2.45) is 0 Å². The van der Waals surface area contributed by atoms with Gasteiger partial charge < -0.3 is 0 Å². The molecule has 0 atom stereocenters. The van der Waals surface area contributed by atoms with Crippen LogP contribution in [0.15, 0.2) is 30.9 Å². The van der Waals surface area contributed by atoms with Crippen molar-refractivity contribution >= 4 is 17.3 Å². The highest BCUT2D eigenvalue weighted by atomic mass is 35.5. The molecule has 10 heteroatoms. The fraction of sp³-hybridized carbons (Fsp3) is 0.385. The molecule has 0 bridgehead atoms. The fourth-order valence-electron chi connectivity index (χ4n) is 2.35. The van der Waals surface area contributed by atoms with Crippen molar-refractivity contribution in [3.05, 3.63) is 41.4 Å². The van der Waals surface area contributed by atoms with Crippen LogP contribution in [0.3, 0.4) is 0 Å². The summed E-state index contributed by atoms with van der Waals surface area (Å²) in [6.07, 6.45) is -1.60. The van der Waals surface area contributed by atoms with E-state index in [-0.39, 0.29) is 10.6 Å². The maximum atomic E-state index is 12.8. The van der Waals surface area contributed by atoms with Crippen LogP contribution in [0.2, 0.25) is 5.02 Å². The van der Waals surface area contributed by atoms with Gasteiger partial charge in [0.05, 0.1) is 28.4 Å². The summed E-state index contributed by atoms with van der Waals surface area (Å²) in [4.78, 5) is 5.31. The lowest BCUT2D eigenvalue weighted by atomic mass is 10.1. The van der Waals surface area contributed by atoms with Gasteiger partial charge in [0.1, 0.15) is 12.7 Å². The molecule has 1 aromatic heterocycles. The van der Waals surface area contributed by atoms with Crippen molar-refractivity contribution in [2.75, 3.05) is 16.8 Å². The highest BCUT2D eigenvalue weighted by Crippen LogP contribution is 2.36. The molecule has 1 aliphatic heterocycles. The lowest BCUT2D eigenvalue weighted by Gasteiger charge is -2.29. The Morgan fingerprint density at radius 3 is 2.61 bits per heavy atom. The molecular formula is C13H14ClF3N6. The largest absolute Gasteiger partial charge is 0.416 e. The summed E-state index contributed by atoms with van der Waals surface area (Å²) in [7, 11) is 0. The first-order valence-corrected chi connectivity index (χ1v) is 7.12. The monoisotopic (exact) mass is 346 g/mol. The summed E-state index contributed by atoms with van der Waals surface area (Å²) < 4.78 is 38.3. The number of aromatic nitrogens is 3. The number of rotatable bonds is 2. The lowest BCUT2D eigenvalue weighted by molar-refractivity contribution is -0.137. The van der Waals surface area contributed by atoms with Crippen molar-refractivity contribution in [3.63, 3.8) is 0 Å². The zero-order valence-corrected chi connectivity index (χ0v) is 13.1. The van der Waals surface area contributed by atoms with Crippen LogP contribution in [0.5, 0.6) is 0 Å². The minimum absolute atomic E-state index is 0.00411. The molecule has 1 fully saturated rings. The molecule has 1 aromatic carbocycles. The van der Waals surface area contributed by atoms with Crippen LogP contribution in [-0.4, -0.2) is 27.0 Å². The molecule has 0 amide bonds. The summed E-state index contributed by atoms with van der Waals surface area (Å²) in [6.45, 7) is 4.39. The third-order valence-electron chi connectivity index (χ3n) is 3.33. The van der Waals surface area contributed by atoms with Crippen LogP contribution in [0.25, 0.3) is 0 Å². The number of hydrogen-bond donors (Lipinski definition) is 1. The van der Waals surface area contributed by atoms with E-state index in [4.69, 9.17) is 11.6 Å². The van der Waals surface area contributed by atoms with Gasteiger partial charge in [0.2, 0.25) is 0 Å². The summed E-state index contributed by atoms with van der Waals surface area (Å²) >= 11 is 6.09. The predicted molar refractivity (Wildman–Crippen MR) is 79.3 cm³/mol. The Kier molecular flexibility index (Phi) is 3.64. The van der Waals surface area contributed by atoms with Crippen LogP contribution in [0.1, 0.15) is 19.4 Å². The normalized spacial score (nSPS) is 17.8. The first kappa shape index (κ1) is 15.9. The third-order valence-corrected chi connectivity index (χ3v) is 3.63. The van der Waals surface area contributed by atoms with Crippen LogP contribution < -0.4 is 15.7 Å². The number of anilines is 1. The van der Waals surface area contributed by atoms with Crippen molar-refractivity contribution in [3.8, 4) is 0 Å². The molecule has 23 heavy (non-hydrogen) atoms. The van der Waals surface area contributed by atoms with E-state index < -0.39 is 11.7 Å². The number of nitrogens with one attached hydrogen (secondary N) is 1. The number of nitrogens with zero attached hydrogens (tertiary/aromatic N) is 5. The van der Waals surface area contributed by atoms with Gasteiger partial charge in [-0.3, -0.25) is 5.01 Å².